The minimum absolute atomic E-state index is 0.299. The SMILES string of the molecule is CCCCSCCCCCCCCCCCOc1ccc(C(=O)O)cc1. The Morgan fingerprint density at radius 3 is 1.96 bits per heavy atom. The molecule has 0 heterocycles. The molecule has 1 aromatic carbocycles. The highest BCUT2D eigenvalue weighted by molar-refractivity contribution is 7.99. The van der Waals surface area contributed by atoms with Crippen LogP contribution in [0.25, 0.3) is 0 Å². The van der Waals surface area contributed by atoms with Crippen molar-refractivity contribution in [2.45, 2.75) is 77.6 Å². The number of carboxylic acids is 1. The number of unbranched alkanes of at least 4 members (excludes halogenated alkanes) is 9. The third-order valence-electron chi connectivity index (χ3n) is 4.45. The van der Waals surface area contributed by atoms with Crippen molar-refractivity contribution in [2.75, 3.05) is 18.1 Å². The first-order valence-corrected chi connectivity index (χ1v) is 11.4. The van der Waals surface area contributed by atoms with E-state index in [0.717, 1.165) is 12.2 Å². The number of carbonyl (C=O) groups is 1. The van der Waals surface area contributed by atoms with Gasteiger partial charge in [-0.1, -0.05) is 58.3 Å². The van der Waals surface area contributed by atoms with E-state index >= 15 is 0 Å². The second-order valence-corrected chi connectivity index (χ2v) is 8.05. The summed E-state index contributed by atoms with van der Waals surface area (Å²) in [6.45, 7) is 2.97. The highest BCUT2D eigenvalue weighted by atomic mass is 32.2. The molecule has 1 aromatic rings. The Kier molecular flexibility index (Phi) is 14.1. The van der Waals surface area contributed by atoms with Crippen molar-refractivity contribution < 1.29 is 14.6 Å². The van der Waals surface area contributed by atoms with E-state index in [1.807, 2.05) is 0 Å². The van der Waals surface area contributed by atoms with Crippen molar-refractivity contribution in [1.82, 2.24) is 0 Å². The molecule has 0 aliphatic heterocycles. The molecule has 0 aliphatic rings. The number of benzene rings is 1. The molecule has 0 aromatic heterocycles. The zero-order valence-corrected chi connectivity index (χ0v) is 17.2. The maximum absolute atomic E-state index is 10.8. The Morgan fingerprint density at radius 1 is 0.846 bits per heavy atom. The maximum atomic E-state index is 10.8. The van der Waals surface area contributed by atoms with Gasteiger partial charge in [-0.2, -0.15) is 11.8 Å². The number of carboxylic acid groups (broad SMARTS) is 1. The van der Waals surface area contributed by atoms with Gasteiger partial charge in [0.2, 0.25) is 0 Å². The number of hydrogen-bond donors (Lipinski definition) is 1. The van der Waals surface area contributed by atoms with Gasteiger partial charge in [0.15, 0.2) is 0 Å². The smallest absolute Gasteiger partial charge is 0.335 e. The van der Waals surface area contributed by atoms with E-state index < -0.39 is 5.97 Å². The minimum atomic E-state index is -0.901. The van der Waals surface area contributed by atoms with Crippen molar-refractivity contribution in [3.05, 3.63) is 29.8 Å². The number of rotatable bonds is 17. The van der Waals surface area contributed by atoms with Crippen molar-refractivity contribution in [2.24, 2.45) is 0 Å². The molecule has 0 amide bonds. The summed E-state index contributed by atoms with van der Waals surface area (Å²) in [4.78, 5) is 10.8. The summed E-state index contributed by atoms with van der Waals surface area (Å²) in [5, 5.41) is 8.85. The highest BCUT2D eigenvalue weighted by Gasteiger charge is 2.02. The number of hydrogen-bond acceptors (Lipinski definition) is 3. The van der Waals surface area contributed by atoms with Gasteiger partial charge in [-0.05, 0) is 55.0 Å². The molecule has 0 unspecified atom stereocenters. The molecule has 0 saturated carbocycles. The van der Waals surface area contributed by atoms with Crippen molar-refractivity contribution in [3.63, 3.8) is 0 Å². The van der Waals surface area contributed by atoms with Gasteiger partial charge in [0.25, 0.3) is 0 Å². The molecular formula is C22H36O3S. The lowest BCUT2D eigenvalue weighted by Gasteiger charge is -2.06. The molecule has 0 spiro atoms. The summed E-state index contributed by atoms with van der Waals surface area (Å²) in [5.41, 5.74) is 0.299. The predicted octanol–water partition coefficient (Wildman–Crippen LogP) is 6.81. The number of thioether (sulfide) groups is 1. The Morgan fingerprint density at radius 2 is 1.38 bits per heavy atom. The number of ether oxygens (including phenoxy) is 1. The van der Waals surface area contributed by atoms with E-state index in [4.69, 9.17) is 9.84 Å². The summed E-state index contributed by atoms with van der Waals surface area (Å²) in [5.74, 6) is 2.54. The van der Waals surface area contributed by atoms with Gasteiger partial charge in [-0.25, -0.2) is 4.79 Å². The van der Waals surface area contributed by atoms with E-state index in [9.17, 15) is 4.79 Å². The lowest BCUT2D eigenvalue weighted by molar-refractivity contribution is 0.0697. The second-order valence-electron chi connectivity index (χ2n) is 6.83. The van der Waals surface area contributed by atoms with Crippen LogP contribution in [0.4, 0.5) is 0 Å². The van der Waals surface area contributed by atoms with E-state index in [0.29, 0.717) is 12.2 Å². The molecule has 0 saturated heterocycles. The first-order valence-electron chi connectivity index (χ1n) is 10.3. The fraction of sp³-hybridized carbons (Fsp3) is 0.682. The Labute approximate surface area is 163 Å². The summed E-state index contributed by atoms with van der Waals surface area (Å²) in [7, 11) is 0. The summed E-state index contributed by atoms with van der Waals surface area (Å²) < 4.78 is 5.65. The van der Waals surface area contributed by atoms with Crippen LogP contribution >= 0.6 is 11.8 Å². The van der Waals surface area contributed by atoms with Gasteiger partial charge in [0, 0.05) is 0 Å². The van der Waals surface area contributed by atoms with Crippen LogP contribution in [-0.2, 0) is 0 Å². The van der Waals surface area contributed by atoms with Gasteiger partial charge in [-0.3, -0.25) is 0 Å². The predicted molar refractivity (Wildman–Crippen MR) is 113 cm³/mol. The first kappa shape index (κ1) is 22.9. The first-order chi connectivity index (χ1) is 12.7. The Balaban J connectivity index is 1.83. The van der Waals surface area contributed by atoms with E-state index in [2.05, 4.69) is 18.7 Å². The van der Waals surface area contributed by atoms with Gasteiger partial charge in [-0.15, -0.1) is 0 Å². The van der Waals surface area contributed by atoms with Gasteiger partial charge in [0.05, 0.1) is 12.2 Å². The molecule has 0 radical (unpaired) electrons. The van der Waals surface area contributed by atoms with Crippen LogP contribution in [-0.4, -0.2) is 29.2 Å². The van der Waals surface area contributed by atoms with Crippen LogP contribution in [0.15, 0.2) is 24.3 Å². The van der Waals surface area contributed by atoms with Gasteiger partial charge >= 0.3 is 5.97 Å². The lowest BCUT2D eigenvalue weighted by Crippen LogP contribution is -1.99. The summed E-state index contributed by atoms with van der Waals surface area (Å²) in [6, 6.07) is 6.63. The fourth-order valence-electron chi connectivity index (χ4n) is 2.78. The van der Waals surface area contributed by atoms with Crippen molar-refractivity contribution >= 4 is 17.7 Å². The molecule has 1 rings (SSSR count). The molecule has 4 heteroatoms. The van der Waals surface area contributed by atoms with Crippen LogP contribution in [0.5, 0.6) is 5.75 Å². The third-order valence-corrected chi connectivity index (χ3v) is 5.60. The average Bonchev–Trinajstić information content (AvgIpc) is 2.65. The van der Waals surface area contributed by atoms with Crippen molar-refractivity contribution in [1.29, 1.82) is 0 Å². The van der Waals surface area contributed by atoms with E-state index in [1.165, 1.54) is 75.7 Å². The Hall–Kier alpha value is -1.16. The standard InChI is InChI=1S/C22H36O3S/c1-2-3-18-26-19-12-10-8-6-4-5-7-9-11-17-25-21-15-13-20(14-16-21)22(23)24/h13-16H,2-12,17-19H2,1H3,(H,23,24). The normalized spacial score (nSPS) is 10.8. The topological polar surface area (TPSA) is 46.5 Å². The third kappa shape index (κ3) is 12.2. The number of aromatic carboxylic acids is 1. The highest BCUT2D eigenvalue weighted by Crippen LogP contribution is 2.15. The average molecular weight is 381 g/mol. The second kappa shape index (κ2) is 16.0. The Bertz CT molecular complexity index is 459. The van der Waals surface area contributed by atoms with Crippen LogP contribution in [0.2, 0.25) is 0 Å². The van der Waals surface area contributed by atoms with Crippen molar-refractivity contribution in [3.8, 4) is 5.75 Å². The zero-order chi connectivity index (χ0) is 18.9. The van der Waals surface area contributed by atoms with E-state index in [1.54, 1.807) is 24.3 Å². The lowest BCUT2D eigenvalue weighted by atomic mass is 10.1. The van der Waals surface area contributed by atoms with Crippen LogP contribution in [0.3, 0.4) is 0 Å². The summed E-state index contributed by atoms with van der Waals surface area (Å²) >= 11 is 2.12. The molecule has 0 bridgehead atoms. The molecule has 3 nitrogen and oxygen atoms in total. The monoisotopic (exact) mass is 380 g/mol. The van der Waals surface area contributed by atoms with Crippen LogP contribution < -0.4 is 4.74 Å². The van der Waals surface area contributed by atoms with Gasteiger partial charge in [0.1, 0.15) is 5.75 Å². The van der Waals surface area contributed by atoms with Crippen LogP contribution in [0.1, 0.15) is 87.9 Å². The van der Waals surface area contributed by atoms with Gasteiger partial charge < -0.3 is 9.84 Å². The minimum Gasteiger partial charge on any atom is -0.494 e. The quantitative estimate of drug-likeness (QED) is 0.302. The molecule has 0 atom stereocenters. The molecule has 148 valence electrons. The molecule has 1 N–H and O–H groups in total. The molecule has 0 aliphatic carbocycles. The maximum Gasteiger partial charge on any atom is 0.335 e. The largest absolute Gasteiger partial charge is 0.494 e. The molecule has 26 heavy (non-hydrogen) atoms. The zero-order valence-electron chi connectivity index (χ0n) is 16.4. The molecular weight excluding hydrogens is 344 g/mol. The van der Waals surface area contributed by atoms with Crippen LogP contribution in [0, 0.1) is 0 Å². The summed E-state index contributed by atoms with van der Waals surface area (Å²) in [6.07, 6.45) is 14.5. The van der Waals surface area contributed by atoms with E-state index in [-0.39, 0.29) is 0 Å². The fourth-order valence-corrected chi connectivity index (χ4v) is 3.88. The molecule has 0 fully saturated rings.